The van der Waals surface area contributed by atoms with E-state index >= 15 is 0 Å². The van der Waals surface area contributed by atoms with E-state index in [1.54, 1.807) is 4.90 Å². The standard InChI is InChI=1S/C19H22FN3O4S/c20-17-6-8-18(9-7-17)28(25,26)21-27-15-19(24)23-12-10-22(11-13-23)14-16-4-2-1-3-5-16/h1-9,21H,10-15H2/p+1. The highest BCUT2D eigenvalue weighted by Gasteiger charge is 2.24. The molecule has 1 aliphatic rings. The fourth-order valence-electron chi connectivity index (χ4n) is 3.06. The number of piperazine rings is 1. The summed E-state index contributed by atoms with van der Waals surface area (Å²) in [5.74, 6) is -0.816. The van der Waals surface area contributed by atoms with Crippen molar-refractivity contribution >= 4 is 15.9 Å². The normalized spacial score (nSPS) is 15.5. The first kappa shape index (κ1) is 20.4. The van der Waals surface area contributed by atoms with E-state index in [1.807, 2.05) is 23.1 Å². The van der Waals surface area contributed by atoms with Gasteiger partial charge < -0.3 is 9.80 Å². The highest BCUT2D eigenvalue weighted by atomic mass is 32.2. The molecule has 3 rings (SSSR count). The van der Waals surface area contributed by atoms with Crippen LogP contribution in [-0.4, -0.2) is 52.0 Å². The number of benzene rings is 2. The van der Waals surface area contributed by atoms with Crippen LogP contribution in [0.5, 0.6) is 0 Å². The number of nitrogens with zero attached hydrogens (tertiary/aromatic N) is 1. The molecular formula is C19H23FN3O4S+. The molecule has 150 valence electrons. The molecule has 1 fully saturated rings. The number of carbonyl (C=O) groups is 1. The Labute approximate surface area is 163 Å². The quantitative estimate of drug-likeness (QED) is 0.631. The van der Waals surface area contributed by atoms with E-state index in [9.17, 15) is 17.6 Å². The van der Waals surface area contributed by atoms with Gasteiger partial charge in [0.05, 0.1) is 31.1 Å². The van der Waals surface area contributed by atoms with Crippen LogP contribution in [-0.2, 0) is 26.2 Å². The number of hydrogen-bond donors (Lipinski definition) is 2. The number of quaternary nitrogens is 1. The zero-order chi connectivity index (χ0) is 20.0. The number of hydrogen-bond acceptors (Lipinski definition) is 4. The summed E-state index contributed by atoms with van der Waals surface area (Å²) in [6, 6.07) is 14.5. The highest BCUT2D eigenvalue weighted by molar-refractivity contribution is 7.89. The third-order valence-corrected chi connectivity index (χ3v) is 5.84. The Morgan fingerprint density at radius 2 is 1.71 bits per heavy atom. The van der Waals surface area contributed by atoms with E-state index in [2.05, 4.69) is 12.1 Å². The zero-order valence-electron chi connectivity index (χ0n) is 15.3. The van der Waals surface area contributed by atoms with Gasteiger partial charge in [0.25, 0.3) is 15.9 Å². The molecule has 1 heterocycles. The predicted octanol–water partition coefficient (Wildman–Crippen LogP) is -0.0371. The van der Waals surface area contributed by atoms with E-state index in [4.69, 9.17) is 4.84 Å². The molecule has 2 aromatic carbocycles. The monoisotopic (exact) mass is 408 g/mol. The molecule has 2 N–H and O–H groups in total. The summed E-state index contributed by atoms with van der Waals surface area (Å²) in [6.45, 7) is 3.35. The van der Waals surface area contributed by atoms with Crippen molar-refractivity contribution in [3.63, 3.8) is 0 Å². The minimum absolute atomic E-state index is 0.139. The highest BCUT2D eigenvalue weighted by Crippen LogP contribution is 2.09. The molecule has 0 atom stereocenters. The van der Waals surface area contributed by atoms with E-state index in [-0.39, 0.29) is 10.8 Å². The van der Waals surface area contributed by atoms with Crippen molar-refractivity contribution in [1.29, 1.82) is 0 Å². The average molecular weight is 408 g/mol. The Bertz CT molecular complexity index is 883. The molecular weight excluding hydrogens is 385 g/mol. The number of halogens is 1. The second-order valence-electron chi connectivity index (χ2n) is 6.62. The van der Waals surface area contributed by atoms with Crippen LogP contribution in [0.2, 0.25) is 0 Å². The number of sulfonamides is 1. The van der Waals surface area contributed by atoms with Crippen molar-refractivity contribution in [3.05, 3.63) is 66.0 Å². The maximum Gasteiger partial charge on any atom is 0.262 e. The summed E-state index contributed by atoms with van der Waals surface area (Å²) in [6.07, 6.45) is 0. The summed E-state index contributed by atoms with van der Waals surface area (Å²) in [7, 11) is -3.96. The van der Waals surface area contributed by atoms with Crippen molar-refractivity contribution in [2.75, 3.05) is 32.8 Å². The van der Waals surface area contributed by atoms with Gasteiger partial charge in [-0.15, -0.1) is 0 Å². The molecule has 2 aromatic rings. The molecule has 0 saturated carbocycles. The lowest BCUT2D eigenvalue weighted by Crippen LogP contribution is -3.13. The molecule has 0 bridgehead atoms. The first-order valence-electron chi connectivity index (χ1n) is 8.98. The molecule has 0 aromatic heterocycles. The lowest BCUT2D eigenvalue weighted by Gasteiger charge is -2.32. The molecule has 0 unspecified atom stereocenters. The third kappa shape index (κ3) is 5.59. The van der Waals surface area contributed by atoms with Gasteiger partial charge in [-0.05, 0) is 24.3 Å². The zero-order valence-corrected chi connectivity index (χ0v) is 16.1. The summed E-state index contributed by atoms with van der Waals surface area (Å²) < 4.78 is 37.0. The van der Waals surface area contributed by atoms with Gasteiger partial charge in [-0.2, -0.15) is 0 Å². The molecule has 1 saturated heterocycles. The molecule has 0 spiro atoms. The average Bonchev–Trinajstić information content (AvgIpc) is 2.69. The third-order valence-electron chi connectivity index (χ3n) is 4.61. The number of carbonyl (C=O) groups excluding carboxylic acids is 1. The minimum Gasteiger partial charge on any atom is -0.329 e. The van der Waals surface area contributed by atoms with Gasteiger partial charge in [0, 0.05) is 5.56 Å². The largest absolute Gasteiger partial charge is 0.329 e. The van der Waals surface area contributed by atoms with Crippen LogP contribution in [0, 0.1) is 5.82 Å². The number of amides is 1. The van der Waals surface area contributed by atoms with E-state index in [0.29, 0.717) is 13.1 Å². The lowest BCUT2D eigenvalue weighted by atomic mass is 10.2. The van der Waals surface area contributed by atoms with Crippen LogP contribution >= 0.6 is 0 Å². The molecule has 1 amide bonds. The summed E-state index contributed by atoms with van der Waals surface area (Å²) in [5, 5.41) is 0. The van der Waals surface area contributed by atoms with Crippen molar-refractivity contribution in [2.24, 2.45) is 0 Å². The summed E-state index contributed by atoms with van der Waals surface area (Å²) in [4.78, 5) is 22.0. The minimum atomic E-state index is -3.96. The number of rotatable bonds is 7. The van der Waals surface area contributed by atoms with Crippen molar-refractivity contribution in [1.82, 2.24) is 9.79 Å². The van der Waals surface area contributed by atoms with Gasteiger partial charge in [0.2, 0.25) is 0 Å². The Kier molecular flexibility index (Phi) is 6.74. The van der Waals surface area contributed by atoms with Crippen LogP contribution < -0.4 is 9.79 Å². The van der Waals surface area contributed by atoms with Crippen LogP contribution in [0.25, 0.3) is 0 Å². The van der Waals surface area contributed by atoms with Gasteiger partial charge in [0.1, 0.15) is 19.0 Å². The molecule has 0 aliphatic carbocycles. The SMILES string of the molecule is O=C(CONS(=O)(=O)c1ccc(F)cc1)N1CC[NH+](Cc2ccccc2)CC1. The van der Waals surface area contributed by atoms with Gasteiger partial charge in [0.15, 0.2) is 0 Å². The Morgan fingerprint density at radius 1 is 1.07 bits per heavy atom. The predicted molar refractivity (Wildman–Crippen MR) is 100 cm³/mol. The van der Waals surface area contributed by atoms with E-state index in [0.717, 1.165) is 43.9 Å². The molecule has 28 heavy (non-hydrogen) atoms. The fourth-order valence-corrected chi connectivity index (χ4v) is 3.86. The van der Waals surface area contributed by atoms with Gasteiger partial charge in [-0.25, -0.2) is 12.8 Å². The molecule has 9 heteroatoms. The maximum atomic E-state index is 12.9. The first-order valence-corrected chi connectivity index (χ1v) is 10.5. The summed E-state index contributed by atoms with van der Waals surface area (Å²) in [5.41, 5.74) is 1.26. The van der Waals surface area contributed by atoms with E-state index < -0.39 is 22.4 Å². The lowest BCUT2D eigenvalue weighted by molar-refractivity contribution is -0.917. The van der Waals surface area contributed by atoms with Crippen LogP contribution in [0.1, 0.15) is 5.56 Å². The second kappa shape index (κ2) is 9.24. The topological polar surface area (TPSA) is 80.1 Å². The smallest absolute Gasteiger partial charge is 0.262 e. The van der Waals surface area contributed by atoms with Crippen LogP contribution in [0.4, 0.5) is 4.39 Å². The molecule has 0 radical (unpaired) electrons. The fraction of sp³-hybridized carbons (Fsp3) is 0.316. The Morgan fingerprint density at radius 3 is 2.36 bits per heavy atom. The summed E-state index contributed by atoms with van der Waals surface area (Å²) >= 11 is 0. The van der Waals surface area contributed by atoms with Crippen LogP contribution in [0.15, 0.2) is 59.5 Å². The van der Waals surface area contributed by atoms with Crippen molar-refractivity contribution in [3.8, 4) is 0 Å². The molecule has 7 nitrogen and oxygen atoms in total. The second-order valence-corrected chi connectivity index (χ2v) is 8.27. The number of nitrogens with one attached hydrogen (secondary N) is 2. The Hall–Kier alpha value is -2.33. The Balaban J connectivity index is 1.41. The van der Waals surface area contributed by atoms with Gasteiger partial charge in [-0.3, -0.25) is 9.63 Å². The van der Waals surface area contributed by atoms with E-state index in [1.165, 1.54) is 10.5 Å². The van der Waals surface area contributed by atoms with Gasteiger partial charge >= 0.3 is 0 Å². The van der Waals surface area contributed by atoms with Crippen LogP contribution in [0.3, 0.4) is 0 Å². The van der Waals surface area contributed by atoms with Gasteiger partial charge in [-0.1, -0.05) is 35.2 Å². The maximum absolute atomic E-state index is 12.9. The van der Waals surface area contributed by atoms with Crippen molar-refractivity contribution < 1.29 is 27.3 Å². The molecule has 1 aliphatic heterocycles. The van der Waals surface area contributed by atoms with Crippen molar-refractivity contribution in [2.45, 2.75) is 11.4 Å². The first-order chi connectivity index (χ1) is 13.4.